The van der Waals surface area contributed by atoms with Crippen LogP contribution in [0.25, 0.3) is 0 Å². The summed E-state index contributed by atoms with van der Waals surface area (Å²) in [5.74, 6) is -0.0940. The Morgan fingerprint density at radius 1 is 1.40 bits per heavy atom. The first-order chi connectivity index (χ1) is 4.81. The molecule has 0 aliphatic carbocycles. The average molecular weight is 143 g/mol. The highest BCUT2D eigenvalue weighted by molar-refractivity contribution is 5.89. The van der Waals surface area contributed by atoms with E-state index in [2.05, 4.69) is 0 Å². The van der Waals surface area contributed by atoms with Crippen molar-refractivity contribution in [3.05, 3.63) is 0 Å². The van der Waals surface area contributed by atoms with Gasteiger partial charge in [-0.2, -0.15) is 0 Å². The zero-order valence-electron chi connectivity index (χ0n) is 5.80. The molecule has 0 aliphatic rings. The van der Waals surface area contributed by atoms with Crippen LogP contribution >= 0.6 is 0 Å². The fourth-order valence-corrected chi connectivity index (χ4v) is 0.603. The summed E-state index contributed by atoms with van der Waals surface area (Å²) < 4.78 is 0. The molecule has 0 spiro atoms. The van der Waals surface area contributed by atoms with Gasteiger partial charge < -0.3 is 5.11 Å². The van der Waals surface area contributed by atoms with Crippen molar-refractivity contribution in [3.63, 3.8) is 0 Å². The molecule has 0 aromatic heterocycles. The van der Waals surface area contributed by atoms with Gasteiger partial charge in [0, 0.05) is 13.0 Å². The van der Waals surface area contributed by atoms with Crippen LogP contribution in [0.2, 0.25) is 0 Å². The van der Waals surface area contributed by atoms with Crippen molar-refractivity contribution < 1.29 is 14.7 Å². The molecule has 0 heterocycles. The molecule has 3 nitrogen and oxygen atoms in total. The van der Waals surface area contributed by atoms with Crippen molar-refractivity contribution in [3.8, 4) is 0 Å². The van der Waals surface area contributed by atoms with Crippen LogP contribution in [0, 0.1) is 0 Å². The van der Waals surface area contributed by atoms with Crippen LogP contribution in [0.4, 0.5) is 0 Å². The maximum Gasteiger partial charge on any atom is 0.206 e. The molecule has 0 aromatic carbocycles. The molecule has 0 bridgehead atoms. The van der Waals surface area contributed by atoms with Gasteiger partial charge in [-0.05, 0) is 12.8 Å². The van der Waals surface area contributed by atoms with E-state index in [1.165, 1.54) is 6.29 Å². The lowest BCUT2D eigenvalue weighted by Gasteiger charge is -1.93. The first-order valence-corrected chi connectivity index (χ1v) is 3.29. The Balaban J connectivity index is 3.13. The molecule has 1 N–H and O–H groups in total. The molecule has 0 rings (SSSR count). The highest BCUT2D eigenvalue weighted by atomic mass is 16.2. The SMILES string of the molecule is O=[C]CC(=O)CCCCO. The molecule has 57 valence electrons. The first kappa shape index (κ1) is 9.30. The van der Waals surface area contributed by atoms with Crippen LogP contribution < -0.4 is 0 Å². The lowest BCUT2D eigenvalue weighted by molar-refractivity contribution is -0.118. The van der Waals surface area contributed by atoms with Crippen molar-refractivity contribution >= 4 is 12.1 Å². The van der Waals surface area contributed by atoms with Crippen molar-refractivity contribution in [2.45, 2.75) is 25.7 Å². The van der Waals surface area contributed by atoms with E-state index in [0.29, 0.717) is 19.3 Å². The number of carbonyl (C=O) groups is 1. The number of aliphatic hydroxyl groups excluding tert-OH is 1. The van der Waals surface area contributed by atoms with Crippen LogP contribution in [-0.2, 0) is 9.59 Å². The zero-order valence-corrected chi connectivity index (χ0v) is 5.80. The zero-order chi connectivity index (χ0) is 7.82. The monoisotopic (exact) mass is 143 g/mol. The molecular formula is C7H11O3. The molecule has 0 atom stereocenters. The average Bonchev–Trinajstić information content (AvgIpc) is 1.89. The third-order valence-corrected chi connectivity index (χ3v) is 1.13. The molecule has 0 saturated carbocycles. The fraction of sp³-hybridized carbons (Fsp3) is 0.714. The minimum absolute atomic E-state index is 0.0940. The third-order valence-electron chi connectivity index (χ3n) is 1.13. The molecule has 1 radical (unpaired) electrons. The Morgan fingerprint density at radius 3 is 2.60 bits per heavy atom. The van der Waals surface area contributed by atoms with Gasteiger partial charge in [-0.25, -0.2) is 0 Å². The van der Waals surface area contributed by atoms with Gasteiger partial charge in [0.25, 0.3) is 0 Å². The van der Waals surface area contributed by atoms with E-state index >= 15 is 0 Å². The van der Waals surface area contributed by atoms with Crippen LogP contribution in [-0.4, -0.2) is 23.8 Å². The van der Waals surface area contributed by atoms with E-state index in [4.69, 9.17) is 5.11 Å². The van der Waals surface area contributed by atoms with Gasteiger partial charge in [0.2, 0.25) is 6.29 Å². The number of unbranched alkanes of at least 4 members (excludes halogenated alkanes) is 1. The van der Waals surface area contributed by atoms with E-state index in [0.717, 1.165) is 0 Å². The lowest BCUT2D eigenvalue weighted by Crippen LogP contribution is -1.98. The molecule has 0 fully saturated rings. The van der Waals surface area contributed by atoms with Crippen LogP contribution in [0.1, 0.15) is 25.7 Å². The maximum absolute atomic E-state index is 10.6. The second-order valence-corrected chi connectivity index (χ2v) is 2.04. The van der Waals surface area contributed by atoms with Gasteiger partial charge >= 0.3 is 0 Å². The number of aliphatic hydroxyl groups is 1. The summed E-state index contributed by atoms with van der Waals surface area (Å²) >= 11 is 0. The van der Waals surface area contributed by atoms with Gasteiger partial charge in [-0.15, -0.1) is 0 Å². The van der Waals surface area contributed by atoms with Crippen molar-refractivity contribution in [1.29, 1.82) is 0 Å². The molecule has 3 heteroatoms. The lowest BCUT2D eigenvalue weighted by atomic mass is 10.1. The Kier molecular flexibility index (Phi) is 5.97. The molecule has 0 saturated heterocycles. The van der Waals surface area contributed by atoms with E-state index < -0.39 is 0 Å². The quantitative estimate of drug-likeness (QED) is 0.427. The second kappa shape index (κ2) is 6.42. The van der Waals surface area contributed by atoms with Crippen LogP contribution in [0.15, 0.2) is 0 Å². The molecule has 10 heavy (non-hydrogen) atoms. The van der Waals surface area contributed by atoms with E-state index in [1.54, 1.807) is 0 Å². The first-order valence-electron chi connectivity index (χ1n) is 3.29. The number of ketones is 1. The Morgan fingerprint density at radius 2 is 2.10 bits per heavy atom. The highest BCUT2D eigenvalue weighted by Gasteiger charge is 1.99. The van der Waals surface area contributed by atoms with E-state index in [1.807, 2.05) is 0 Å². The smallest absolute Gasteiger partial charge is 0.206 e. The van der Waals surface area contributed by atoms with Crippen LogP contribution in [0.5, 0.6) is 0 Å². The van der Waals surface area contributed by atoms with E-state index in [9.17, 15) is 9.59 Å². The van der Waals surface area contributed by atoms with Crippen LogP contribution in [0.3, 0.4) is 0 Å². The summed E-state index contributed by atoms with van der Waals surface area (Å²) in [5.41, 5.74) is 0. The molecule has 0 amide bonds. The predicted octanol–water partition coefficient (Wildman–Crippen LogP) is 0.218. The van der Waals surface area contributed by atoms with Crippen molar-refractivity contribution in [2.75, 3.05) is 6.61 Å². The standard InChI is InChI=1S/C7H11O3/c8-5-2-1-3-7(10)4-6-9/h8H,1-5H2. The minimum atomic E-state index is -0.106. The number of rotatable bonds is 6. The summed E-state index contributed by atoms with van der Waals surface area (Å²) in [7, 11) is 0. The maximum atomic E-state index is 10.6. The van der Waals surface area contributed by atoms with Gasteiger partial charge in [0.05, 0.1) is 6.42 Å². The summed E-state index contributed by atoms with van der Waals surface area (Å²) in [5, 5.41) is 8.32. The predicted molar refractivity (Wildman–Crippen MR) is 36.3 cm³/mol. The normalized spacial score (nSPS) is 9.30. The number of hydrogen-bond acceptors (Lipinski definition) is 3. The number of carbonyl (C=O) groups excluding carboxylic acids is 2. The van der Waals surface area contributed by atoms with Gasteiger partial charge in [-0.3, -0.25) is 9.59 Å². The summed E-state index contributed by atoms with van der Waals surface area (Å²) in [4.78, 5) is 20.2. The van der Waals surface area contributed by atoms with Gasteiger partial charge in [-0.1, -0.05) is 0 Å². The van der Waals surface area contributed by atoms with Gasteiger partial charge in [0.15, 0.2) is 0 Å². The van der Waals surface area contributed by atoms with Crippen molar-refractivity contribution in [2.24, 2.45) is 0 Å². The Bertz CT molecular complexity index is 109. The van der Waals surface area contributed by atoms with Crippen molar-refractivity contribution in [1.82, 2.24) is 0 Å². The topological polar surface area (TPSA) is 54.4 Å². The molecule has 0 aliphatic heterocycles. The summed E-state index contributed by atoms with van der Waals surface area (Å²) in [6.45, 7) is 0.109. The Labute approximate surface area is 60.0 Å². The number of hydrogen-bond donors (Lipinski definition) is 1. The molecule has 0 aromatic rings. The minimum Gasteiger partial charge on any atom is -0.396 e. The van der Waals surface area contributed by atoms with Gasteiger partial charge in [0.1, 0.15) is 5.78 Å². The third kappa shape index (κ3) is 5.44. The summed E-state index contributed by atoms with van der Waals surface area (Å²) in [6.07, 6.45) is 3.10. The highest BCUT2D eigenvalue weighted by Crippen LogP contribution is 1.96. The second-order valence-electron chi connectivity index (χ2n) is 2.04. The fourth-order valence-electron chi connectivity index (χ4n) is 0.603. The largest absolute Gasteiger partial charge is 0.396 e. The molecular weight excluding hydrogens is 132 g/mol. The molecule has 0 unspecified atom stereocenters. The Hall–Kier alpha value is -0.700. The summed E-state index contributed by atoms with van der Waals surface area (Å²) in [6, 6.07) is 0. The number of Topliss-reactive ketones (excluding diaryl/α,β-unsaturated/α-hetero) is 1. The van der Waals surface area contributed by atoms with E-state index in [-0.39, 0.29) is 18.8 Å².